The number of aromatic nitrogens is 1. The number of carbonyl (C=O) groups excluding carboxylic acids is 1. The minimum Gasteiger partial charge on any atom is -0.493 e. The molecule has 1 amide bonds. The molecule has 0 aliphatic heterocycles. The van der Waals surface area contributed by atoms with E-state index in [1.807, 2.05) is 0 Å². The number of pyridine rings is 1. The molecular formula is C19H22F2N2O5. The highest BCUT2D eigenvalue weighted by molar-refractivity contribution is 5.93. The van der Waals surface area contributed by atoms with Crippen LogP contribution in [0.4, 0.5) is 8.78 Å². The average Bonchev–Trinajstić information content (AvgIpc) is 2.67. The second kappa shape index (κ2) is 10.4. The maximum Gasteiger partial charge on any atom is 0.387 e. The summed E-state index contributed by atoms with van der Waals surface area (Å²) in [6.07, 6.45) is 1.94. The van der Waals surface area contributed by atoms with E-state index in [1.54, 1.807) is 12.1 Å². The highest BCUT2D eigenvalue weighted by Gasteiger charge is 2.12. The molecule has 1 aromatic heterocycles. The summed E-state index contributed by atoms with van der Waals surface area (Å²) in [5, 5.41) is 2.76. The van der Waals surface area contributed by atoms with Gasteiger partial charge in [0.15, 0.2) is 11.5 Å². The van der Waals surface area contributed by atoms with Crippen molar-refractivity contribution < 1.29 is 27.8 Å². The lowest BCUT2D eigenvalue weighted by molar-refractivity contribution is -0.0512. The predicted octanol–water partition coefficient (Wildman–Crippen LogP) is 2.08. The van der Waals surface area contributed by atoms with Crippen LogP contribution in [0.5, 0.6) is 11.5 Å². The van der Waals surface area contributed by atoms with Gasteiger partial charge in [-0.25, -0.2) is 0 Å². The Balaban J connectivity index is 1.96. The van der Waals surface area contributed by atoms with E-state index in [4.69, 9.17) is 9.47 Å². The van der Waals surface area contributed by atoms with Crippen LogP contribution in [-0.2, 0) is 17.7 Å². The molecule has 0 atom stereocenters. The molecule has 2 aromatic rings. The average molecular weight is 396 g/mol. The molecule has 2 rings (SSSR count). The second-order valence-electron chi connectivity index (χ2n) is 5.81. The maximum atomic E-state index is 12.4. The molecule has 28 heavy (non-hydrogen) atoms. The number of alkyl halides is 2. The molecular weight excluding hydrogens is 374 g/mol. The zero-order valence-corrected chi connectivity index (χ0v) is 15.6. The van der Waals surface area contributed by atoms with Crippen LogP contribution in [0, 0.1) is 0 Å². The van der Waals surface area contributed by atoms with Gasteiger partial charge in [0, 0.05) is 32.5 Å². The van der Waals surface area contributed by atoms with E-state index >= 15 is 0 Å². The lowest BCUT2D eigenvalue weighted by Crippen LogP contribution is -2.28. The van der Waals surface area contributed by atoms with Crippen LogP contribution in [0.15, 0.2) is 41.3 Å². The van der Waals surface area contributed by atoms with E-state index in [2.05, 4.69) is 10.1 Å². The Morgan fingerprint density at radius 1 is 1.18 bits per heavy atom. The van der Waals surface area contributed by atoms with Crippen LogP contribution in [-0.4, -0.2) is 44.5 Å². The Morgan fingerprint density at radius 2 is 1.96 bits per heavy atom. The number of amides is 1. The number of halogens is 2. The second-order valence-corrected chi connectivity index (χ2v) is 5.81. The summed E-state index contributed by atoms with van der Waals surface area (Å²) in [4.78, 5) is 24.0. The molecule has 0 aliphatic rings. The number of rotatable bonds is 10. The van der Waals surface area contributed by atoms with Gasteiger partial charge in [-0.05, 0) is 30.2 Å². The number of ether oxygens (including phenoxy) is 3. The van der Waals surface area contributed by atoms with Crippen LogP contribution in [0.2, 0.25) is 0 Å². The fourth-order valence-corrected chi connectivity index (χ4v) is 2.51. The van der Waals surface area contributed by atoms with Gasteiger partial charge in [-0.15, -0.1) is 0 Å². The summed E-state index contributed by atoms with van der Waals surface area (Å²) < 4.78 is 40.5. The zero-order valence-electron chi connectivity index (χ0n) is 15.6. The Morgan fingerprint density at radius 3 is 2.64 bits per heavy atom. The minimum atomic E-state index is -2.94. The third-order valence-corrected chi connectivity index (χ3v) is 3.93. The fraction of sp³-hybridized carbons (Fsp3) is 0.368. The largest absolute Gasteiger partial charge is 0.493 e. The van der Waals surface area contributed by atoms with Gasteiger partial charge < -0.3 is 24.1 Å². The van der Waals surface area contributed by atoms with Crippen molar-refractivity contribution >= 4 is 5.91 Å². The molecule has 0 spiro atoms. The molecule has 0 bridgehead atoms. The standard InChI is InChI=1S/C19H22F2N2O5/c1-26-10-9-23-12-14(4-6-17(23)24)18(25)22-8-7-13-3-5-15(28-19(20)21)16(11-13)27-2/h3-6,11-12,19H,7-10H2,1-2H3,(H,22,25). The Labute approximate surface area is 160 Å². The van der Waals surface area contributed by atoms with Gasteiger partial charge in [-0.2, -0.15) is 8.78 Å². The van der Waals surface area contributed by atoms with E-state index < -0.39 is 6.61 Å². The van der Waals surface area contributed by atoms with Crippen LogP contribution < -0.4 is 20.3 Å². The van der Waals surface area contributed by atoms with E-state index in [9.17, 15) is 18.4 Å². The number of carbonyl (C=O) groups is 1. The summed E-state index contributed by atoms with van der Waals surface area (Å²) in [5.41, 5.74) is 0.921. The van der Waals surface area contributed by atoms with Crippen molar-refractivity contribution in [2.24, 2.45) is 0 Å². The SMILES string of the molecule is COCCn1cc(C(=O)NCCc2ccc(OC(F)F)c(OC)c2)ccc1=O. The first-order chi connectivity index (χ1) is 13.4. The summed E-state index contributed by atoms with van der Waals surface area (Å²) in [5.74, 6) is -0.186. The Hall–Kier alpha value is -2.94. The monoisotopic (exact) mass is 396 g/mol. The van der Waals surface area contributed by atoms with Crippen LogP contribution in [0.25, 0.3) is 0 Å². The number of methoxy groups -OCH3 is 2. The van der Waals surface area contributed by atoms with Crippen molar-refractivity contribution in [3.63, 3.8) is 0 Å². The van der Waals surface area contributed by atoms with Gasteiger partial charge in [-0.1, -0.05) is 6.07 Å². The van der Waals surface area contributed by atoms with Gasteiger partial charge in [0.05, 0.1) is 19.3 Å². The summed E-state index contributed by atoms with van der Waals surface area (Å²) in [6.45, 7) is -1.92. The number of benzene rings is 1. The molecule has 1 aromatic carbocycles. The molecule has 0 saturated heterocycles. The quantitative estimate of drug-likeness (QED) is 0.665. The molecule has 1 N–H and O–H groups in total. The first-order valence-electron chi connectivity index (χ1n) is 8.54. The highest BCUT2D eigenvalue weighted by Crippen LogP contribution is 2.29. The van der Waals surface area contributed by atoms with Crippen molar-refractivity contribution in [3.8, 4) is 11.5 Å². The van der Waals surface area contributed by atoms with Crippen LogP contribution >= 0.6 is 0 Å². The van der Waals surface area contributed by atoms with Crippen molar-refractivity contribution in [1.82, 2.24) is 9.88 Å². The van der Waals surface area contributed by atoms with E-state index in [0.717, 1.165) is 5.56 Å². The summed E-state index contributed by atoms with van der Waals surface area (Å²) in [7, 11) is 2.89. The third kappa shape index (κ3) is 6.05. The highest BCUT2D eigenvalue weighted by atomic mass is 19.3. The zero-order chi connectivity index (χ0) is 20.5. The normalized spacial score (nSPS) is 10.8. The molecule has 0 aliphatic carbocycles. The fourth-order valence-electron chi connectivity index (χ4n) is 2.51. The van der Waals surface area contributed by atoms with Gasteiger partial charge in [0.1, 0.15) is 0 Å². The van der Waals surface area contributed by atoms with Crippen molar-refractivity contribution in [1.29, 1.82) is 0 Å². The van der Waals surface area contributed by atoms with Crippen molar-refractivity contribution in [3.05, 3.63) is 58.0 Å². The third-order valence-electron chi connectivity index (χ3n) is 3.93. The van der Waals surface area contributed by atoms with Gasteiger partial charge in [-0.3, -0.25) is 9.59 Å². The topological polar surface area (TPSA) is 78.8 Å². The van der Waals surface area contributed by atoms with Crippen molar-refractivity contribution in [2.45, 2.75) is 19.6 Å². The molecule has 1 heterocycles. The van der Waals surface area contributed by atoms with E-state index in [1.165, 1.54) is 43.2 Å². The molecule has 0 unspecified atom stereocenters. The van der Waals surface area contributed by atoms with E-state index in [0.29, 0.717) is 31.7 Å². The smallest absolute Gasteiger partial charge is 0.387 e. The molecule has 0 saturated carbocycles. The lowest BCUT2D eigenvalue weighted by Gasteiger charge is -2.12. The predicted molar refractivity (Wildman–Crippen MR) is 98.2 cm³/mol. The molecule has 0 fully saturated rings. The number of hydrogen-bond acceptors (Lipinski definition) is 5. The van der Waals surface area contributed by atoms with Gasteiger partial charge in [0.25, 0.3) is 11.5 Å². The first kappa shape index (κ1) is 21.4. The summed E-state index contributed by atoms with van der Waals surface area (Å²) >= 11 is 0. The number of hydrogen-bond donors (Lipinski definition) is 1. The molecule has 9 heteroatoms. The van der Waals surface area contributed by atoms with E-state index in [-0.39, 0.29) is 23.0 Å². The maximum absolute atomic E-state index is 12.4. The van der Waals surface area contributed by atoms with Crippen LogP contribution in [0.1, 0.15) is 15.9 Å². The number of nitrogens with zero attached hydrogens (tertiary/aromatic N) is 1. The Kier molecular flexibility index (Phi) is 7.94. The summed E-state index contributed by atoms with van der Waals surface area (Å²) in [6, 6.07) is 7.39. The minimum absolute atomic E-state index is 0.0522. The van der Waals surface area contributed by atoms with Crippen LogP contribution in [0.3, 0.4) is 0 Å². The Bertz CT molecular complexity index is 854. The van der Waals surface area contributed by atoms with Gasteiger partial charge in [0.2, 0.25) is 0 Å². The lowest BCUT2D eigenvalue weighted by atomic mass is 10.1. The van der Waals surface area contributed by atoms with Crippen molar-refractivity contribution in [2.75, 3.05) is 27.4 Å². The molecule has 152 valence electrons. The molecule has 0 radical (unpaired) electrons. The first-order valence-corrected chi connectivity index (χ1v) is 8.54. The van der Waals surface area contributed by atoms with Gasteiger partial charge >= 0.3 is 6.61 Å². The molecule has 7 nitrogen and oxygen atoms in total. The number of nitrogens with one attached hydrogen (secondary N) is 1.